The summed E-state index contributed by atoms with van der Waals surface area (Å²) in [6.45, 7) is 3.06. The van der Waals surface area contributed by atoms with Gasteiger partial charge in [0.15, 0.2) is 0 Å². The Morgan fingerprint density at radius 3 is 2.30 bits per heavy atom. The average Bonchev–Trinajstić information content (AvgIpc) is 3.28. The number of hydrogen-bond acceptors (Lipinski definition) is 3. The SMILES string of the molecule is CCCCNC(=O)C(Cc1ccccc1)N(Cc1c(Cl)cccc1Cl)C(=O)CCCN1C(=O)c2cccc3cccc1c23. The fraction of sp³-hybridized carbons (Fsp3) is 0.286. The molecule has 3 amide bonds. The summed E-state index contributed by atoms with van der Waals surface area (Å²) in [6, 6.07) is 25.7. The van der Waals surface area contributed by atoms with E-state index in [4.69, 9.17) is 23.2 Å². The molecule has 1 unspecified atom stereocenters. The maximum absolute atomic E-state index is 14.1. The van der Waals surface area contributed by atoms with Crippen molar-refractivity contribution in [3.05, 3.63) is 112 Å². The standard InChI is InChI=1S/C35H35Cl2N3O3/c1-2-3-20-38-34(42)31(22-24-11-5-4-6-12-24)40(23-27-28(36)16-9-17-29(27)37)32(41)19-10-21-39-30-18-8-14-25-13-7-15-26(33(25)30)35(39)43/h4-9,11-18,31H,2-3,10,19-23H2,1H3,(H,38,42). The molecule has 43 heavy (non-hydrogen) atoms. The van der Waals surface area contributed by atoms with Crippen LogP contribution >= 0.6 is 23.2 Å². The second-order valence-electron chi connectivity index (χ2n) is 10.8. The molecule has 0 fully saturated rings. The first-order valence-electron chi connectivity index (χ1n) is 14.8. The Balaban J connectivity index is 1.39. The van der Waals surface area contributed by atoms with Crippen LogP contribution < -0.4 is 10.2 Å². The van der Waals surface area contributed by atoms with Crippen LogP contribution in [0.15, 0.2) is 84.9 Å². The molecule has 4 aromatic rings. The van der Waals surface area contributed by atoms with Crippen molar-refractivity contribution in [3.8, 4) is 0 Å². The van der Waals surface area contributed by atoms with Crippen LogP contribution in [0.25, 0.3) is 10.8 Å². The van der Waals surface area contributed by atoms with Gasteiger partial charge < -0.3 is 15.1 Å². The molecular formula is C35H35Cl2N3O3. The first-order chi connectivity index (χ1) is 20.9. The number of halogens is 2. The smallest absolute Gasteiger partial charge is 0.258 e. The number of unbranched alkanes of at least 4 members (excludes halogenated alkanes) is 1. The molecule has 0 saturated carbocycles. The maximum atomic E-state index is 14.1. The van der Waals surface area contributed by atoms with Crippen molar-refractivity contribution >= 4 is 57.4 Å². The van der Waals surface area contributed by atoms with Gasteiger partial charge in [-0.2, -0.15) is 0 Å². The number of benzene rings is 4. The molecule has 5 rings (SSSR count). The molecule has 0 saturated heterocycles. The lowest BCUT2D eigenvalue weighted by atomic mass is 10.0. The Morgan fingerprint density at radius 1 is 0.884 bits per heavy atom. The van der Waals surface area contributed by atoms with Gasteiger partial charge in [-0.3, -0.25) is 14.4 Å². The maximum Gasteiger partial charge on any atom is 0.258 e. The first kappa shape index (κ1) is 30.6. The van der Waals surface area contributed by atoms with Gasteiger partial charge in [0.2, 0.25) is 11.8 Å². The van der Waals surface area contributed by atoms with Gasteiger partial charge in [0.25, 0.3) is 5.91 Å². The van der Waals surface area contributed by atoms with E-state index in [-0.39, 0.29) is 30.7 Å². The van der Waals surface area contributed by atoms with Crippen molar-refractivity contribution in [1.82, 2.24) is 10.2 Å². The van der Waals surface area contributed by atoms with Crippen LogP contribution in [0, 0.1) is 0 Å². The van der Waals surface area contributed by atoms with Crippen LogP contribution in [0.1, 0.15) is 54.1 Å². The van der Waals surface area contributed by atoms with E-state index < -0.39 is 6.04 Å². The minimum absolute atomic E-state index is 0.0591. The van der Waals surface area contributed by atoms with E-state index in [1.807, 2.05) is 66.7 Å². The molecule has 0 spiro atoms. The van der Waals surface area contributed by atoms with E-state index in [0.717, 1.165) is 34.9 Å². The Hall–Kier alpha value is -3.87. The van der Waals surface area contributed by atoms with E-state index >= 15 is 0 Å². The molecule has 1 atom stereocenters. The molecule has 8 heteroatoms. The van der Waals surface area contributed by atoms with Crippen LogP contribution in [0.4, 0.5) is 5.69 Å². The van der Waals surface area contributed by atoms with Crippen molar-refractivity contribution in [3.63, 3.8) is 0 Å². The van der Waals surface area contributed by atoms with Gasteiger partial charge in [-0.1, -0.05) is 97.2 Å². The largest absolute Gasteiger partial charge is 0.354 e. The topological polar surface area (TPSA) is 69.7 Å². The minimum atomic E-state index is -0.773. The highest BCUT2D eigenvalue weighted by molar-refractivity contribution is 6.36. The van der Waals surface area contributed by atoms with Crippen molar-refractivity contribution in [2.45, 2.75) is 51.6 Å². The summed E-state index contributed by atoms with van der Waals surface area (Å²) in [5, 5.41) is 5.86. The fourth-order valence-corrected chi connectivity index (χ4v) is 6.16. The van der Waals surface area contributed by atoms with E-state index in [0.29, 0.717) is 47.1 Å². The molecule has 0 aliphatic carbocycles. The van der Waals surface area contributed by atoms with Gasteiger partial charge in [0.05, 0.1) is 5.69 Å². The molecule has 1 aliphatic rings. The summed E-state index contributed by atoms with van der Waals surface area (Å²) in [5.41, 5.74) is 3.08. The summed E-state index contributed by atoms with van der Waals surface area (Å²) in [5.74, 6) is -0.480. The molecule has 222 valence electrons. The van der Waals surface area contributed by atoms with Crippen LogP contribution in [-0.2, 0) is 22.6 Å². The molecule has 0 bridgehead atoms. The second-order valence-corrected chi connectivity index (χ2v) is 11.6. The fourth-order valence-electron chi connectivity index (χ4n) is 5.65. The Morgan fingerprint density at radius 2 is 1.58 bits per heavy atom. The molecule has 1 N–H and O–H groups in total. The molecular weight excluding hydrogens is 581 g/mol. The highest BCUT2D eigenvalue weighted by atomic mass is 35.5. The number of anilines is 1. The average molecular weight is 617 g/mol. The van der Waals surface area contributed by atoms with Gasteiger partial charge in [-0.15, -0.1) is 0 Å². The number of carbonyl (C=O) groups is 3. The number of rotatable bonds is 13. The lowest BCUT2D eigenvalue weighted by Crippen LogP contribution is -2.50. The normalized spacial score (nSPS) is 12.9. The minimum Gasteiger partial charge on any atom is -0.354 e. The Labute approximate surface area is 262 Å². The summed E-state index contributed by atoms with van der Waals surface area (Å²) in [6.07, 6.45) is 2.69. The Bertz CT molecular complexity index is 1600. The van der Waals surface area contributed by atoms with Gasteiger partial charge in [-0.05, 0) is 48.1 Å². The number of hydrogen-bond donors (Lipinski definition) is 1. The molecule has 0 radical (unpaired) electrons. The molecule has 0 aromatic heterocycles. The number of carbonyl (C=O) groups excluding carboxylic acids is 3. The third kappa shape index (κ3) is 6.87. The van der Waals surface area contributed by atoms with Crippen LogP contribution in [0.2, 0.25) is 10.0 Å². The third-order valence-corrected chi connectivity index (χ3v) is 8.62. The highest BCUT2D eigenvalue weighted by Crippen LogP contribution is 2.37. The second kappa shape index (κ2) is 14.1. The van der Waals surface area contributed by atoms with Gasteiger partial charge in [0, 0.05) is 59.0 Å². The predicted molar refractivity (Wildman–Crippen MR) is 174 cm³/mol. The molecule has 4 aromatic carbocycles. The van der Waals surface area contributed by atoms with Crippen LogP contribution in [0.3, 0.4) is 0 Å². The molecule has 6 nitrogen and oxygen atoms in total. The number of nitrogens with one attached hydrogen (secondary N) is 1. The zero-order valence-corrected chi connectivity index (χ0v) is 25.7. The zero-order chi connectivity index (χ0) is 30.3. The van der Waals surface area contributed by atoms with Crippen molar-refractivity contribution < 1.29 is 14.4 Å². The van der Waals surface area contributed by atoms with Crippen LogP contribution in [-0.4, -0.2) is 41.8 Å². The van der Waals surface area contributed by atoms with Gasteiger partial charge in [-0.25, -0.2) is 0 Å². The zero-order valence-electron chi connectivity index (χ0n) is 24.2. The van der Waals surface area contributed by atoms with E-state index in [1.54, 1.807) is 28.0 Å². The Kier molecular flexibility index (Phi) is 10.0. The lowest BCUT2D eigenvalue weighted by Gasteiger charge is -2.32. The van der Waals surface area contributed by atoms with E-state index in [1.165, 1.54) is 0 Å². The van der Waals surface area contributed by atoms with Gasteiger partial charge >= 0.3 is 0 Å². The third-order valence-electron chi connectivity index (χ3n) is 7.91. The predicted octanol–water partition coefficient (Wildman–Crippen LogP) is 7.44. The van der Waals surface area contributed by atoms with Crippen molar-refractivity contribution in [2.24, 2.45) is 0 Å². The quantitative estimate of drug-likeness (QED) is 0.159. The highest BCUT2D eigenvalue weighted by Gasteiger charge is 2.32. The van der Waals surface area contributed by atoms with E-state index in [9.17, 15) is 14.4 Å². The van der Waals surface area contributed by atoms with Gasteiger partial charge in [0.1, 0.15) is 6.04 Å². The van der Waals surface area contributed by atoms with Crippen LogP contribution in [0.5, 0.6) is 0 Å². The number of amides is 3. The summed E-state index contributed by atoms with van der Waals surface area (Å²) >= 11 is 13.1. The summed E-state index contributed by atoms with van der Waals surface area (Å²) < 4.78 is 0. The summed E-state index contributed by atoms with van der Waals surface area (Å²) in [7, 11) is 0. The number of nitrogens with zero attached hydrogens (tertiary/aromatic N) is 2. The van der Waals surface area contributed by atoms with Crippen molar-refractivity contribution in [1.29, 1.82) is 0 Å². The lowest BCUT2D eigenvalue weighted by molar-refractivity contribution is -0.141. The van der Waals surface area contributed by atoms with Crippen molar-refractivity contribution in [2.75, 3.05) is 18.0 Å². The van der Waals surface area contributed by atoms with E-state index in [2.05, 4.69) is 12.2 Å². The molecule has 1 aliphatic heterocycles. The first-order valence-corrected chi connectivity index (χ1v) is 15.5. The monoisotopic (exact) mass is 615 g/mol. The summed E-state index contributed by atoms with van der Waals surface area (Å²) in [4.78, 5) is 44.3. The molecule has 1 heterocycles.